The number of halogens is 1. The molecule has 0 atom stereocenters. The highest BCUT2D eigenvalue weighted by atomic mass is 35.5. The molecule has 1 fully saturated rings. The van der Waals surface area contributed by atoms with Gasteiger partial charge in [0.1, 0.15) is 0 Å². The predicted molar refractivity (Wildman–Crippen MR) is 95.7 cm³/mol. The van der Waals surface area contributed by atoms with E-state index in [0.29, 0.717) is 10.9 Å². The Morgan fingerprint density at radius 1 is 0.957 bits per heavy atom. The fourth-order valence-corrected chi connectivity index (χ4v) is 3.48. The molecular formula is C20H22ClNO. The molecule has 1 amide bonds. The molecule has 3 rings (SSSR count). The first-order valence-corrected chi connectivity index (χ1v) is 8.69. The van der Waals surface area contributed by atoms with Gasteiger partial charge in [0.05, 0.1) is 0 Å². The van der Waals surface area contributed by atoms with E-state index >= 15 is 0 Å². The van der Waals surface area contributed by atoms with Crippen LogP contribution in [0, 0.1) is 11.8 Å². The van der Waals surface area contributed by atoms with Crippen LogP contribution in [0.5, 0.6) is 0 Å². The molecule has 2 aromatic rings. The van der Waals surface area contributed by atoms with Crippen LogP contribution < -0.4 is 5.32 Å². The molecule has 0 unspecified atom stereocenters. The van der Waals surface area contributed by atoms with E-state index in [2.05, 4.69) is 35.6 Å². The number of hydrogen-bond donors (Lipinski definition) is 1. The molecule has 0 saturated heterocycles. The second kappa shape index (κ2) is 7.65. The summed E-state index contributed by atoms with van der Waals surface area (Å²) in [6, 6.07) is 17.9. The third-order valence-electron chi connectivity index (χ3n) is 4.70. The van der Waals surface area contributed by atoms with Crippen LogP contribution in [0.15, 0.2) is 54.6 Å². The van der Waals surface area contributed by atoms with Crippen molar-refractivity contribution in [3.8, 4) is 0 Å². The molecule has 2 nitrogen and oxygen atoms in total. The number of rotatable bonds is 4. The van der Waals surface area contributed by atoms with E-state index in [1.807, 2.05) is 12.1 Å². The summed E-state index contributed by atoms with van der Waals surface area (Å²) in [4.78, 5) is 12.4. The van der Waals surface area contributed by atoms with Crippen molar-refractivity contribution in [3.05, 3.63) is 65.2 Å². The zero-order chi connectivity index (χ0) is 16.1. The average Bonchev–Trinajstić information content (AvgIpc) is 2.58. The van der Waals surface area contributed by atoms with Gasteiger partial charge in [-0.05, 0) is 67.9 Å². The highest BCUT2D eigenvalue weighted by molar-refractivity contribution is 6.30. The summed E-state index contributed by atoms with van der Waals surface area (Å²) in [6.45, 7) is 0. The standard InChI is InChI=1S/C20H22ClNO/c21-18-10-12-19(13-11-18)22-20(23)17-8-6-16(7-9-17)14-15-4-2-1-3-5-15/h1-5,10-13,16-17H,6-9,14H2,(H,22,23)/t16-,17+. The Hall–Kier alpha value is -1.80. The minimum Gasteiger partial charge on any atom is -0.326 e. The molecule has 0 aromatic heterocycles. The van der Waals surface area contributed by atoms with E-state index < -0.39 is 0 Å². The third-order valence-corrected chi connectivity index (χ3v) is 4.95. The molecule has 1 saturated carbocycles. The minimum absolute atomic E-state index is 0.137. The topological polar surface area (TPSA) is 29.1 Å². The lowest BCUT2D eigenvalue weighted by Gasteiger charge is -2.27. The number of hydrogen-bond acceptors (Lipinski definition) is 1. The quantitative estimate of drug-likeness (QED) is 0.808. The summed E-state index contributed by atoms with van der Waals surface area (Å²) in [5.41, 5.74) is 2.23. The zero-order valence-electron chi connectivity index (χ0n) is 13.2. The van der Waals surface area contributed by atoms with E-state index in [1.54, 1.807) is 12.1 Å². The number of nitrogens with one attached hydrogen (secondary N) is 1. The second-order valence-corrected chi connectivity index (χ2v) is 6.84. The third kappa shape index (κ3) is 4.59. The summed E-state index contributed by atoms with van der Waals surface area (Å²) in [7, 11) is 0. The van der Waals surface area contributed by atoms with Crippen molar-refractivity contribution in [1.82, 2.24) is 0 Å². The fourth-order valence-electron chi connectivity index (χ4n) is 3.35. The molecule has 3 heteroatoms. The van der Waals surface area contributed by atoms with Gasteiger partial charge in [-0.3, -0.25) is 4.79 Å². The van der Waals surface area contributed by atoms with Crippen LogP contribution in [0.4, 0.5) is 5.69 Å². The van der Waals surface area contributed by atoms with E-state index in [9.17, 15) is 4.79 Å². The number of anilines is 1. The molecular weight excluding hydrogens is 306 g/mol. The van der Waals surface area contributed by atoms with Crippen LogP contribution in [-0.2, 0) is 11.2 Å². The SMILES string of the molecule is O=C(Nc1ccc(Cl)cc1)[C@H]1CC[C@@H](Cc2ccccc2)CC1. The van der Waals surface area contributed by atoms with E-state index in [0.717, 1.165) is 37.8 Å². The van der Waals surface area contributed by atoms with E-state index in [-0.39, 0.29) is 11.8 Å². The van der Waals surface area contributed by atoms with Crippen LogP contribution in [0.2, 0.25) is 5.02 Å². The second-order valence-electron chi connectivity index (χ2n) is 6.40. The lowest BCUT2D eigenvalue weighted by molar-refractivity contribution is -0.121. The van der Waals surface area contributed by atoms with Crippen molar-refractivity contribution in [1.29, 1.82) is 0 Å². The van der Waals surface area contributed by atoms with Crippen LogP contribution in [-0.4, -0.2) is 5.91 Å². The normalized spacial score (nSPS) is 20.9. The van der Waals surface area contributed by atoms with Gasteiger partial charge in [0.15, 0.2) is 0 Å². The first kappa shape index (κ1) is 16.1. The van der Waals surface area contributed by atoms with Gasteiger partial charge in [0.25, 0.3) is 0 Å². The molecule has 0 heterocycles. The van der Waals surface area contributed by atoms with Crippen molar-refractivity contribution in [3.63, 3.8) is 0 Å². The Kier molecular flexibility index (Phi) is 5.35. The summed E-state index contributed by atoms with van der Waals surface area (Å²) in [6.07, 6.45) is 5.36. The Morgan fingerprint density at radius 3 is 2.26 bits per heavy atom. The molecule has 1 aliphatic carbocycles. The van der Waals surface area contributed by atoms with Crippen molar-refractivity contribution >= 4 is 23.2 Å². The van der Waals surface area contributed by atoms with E-state index in [1.165, 1.54) is 5.56 Å². The average molecular weight is 328 g/mol. The molecule has 0 radical (unpaired) electrons. The van der Waals surface area contributed by atoms with E-state index in [4.69, 9.17) is 11.6 Å². The minimum atomic E-state index is 0.137. The summed E-state index contributed by atoms with van der Waals surface area (Å²) < 4.78 is 0. The summed E-state index contributed by atoms with van der Waals surface area (Å²) in [5.74, 6) is 0.986. The molecule has 23 heavy (non-hydrogen) atoms. The maximum Gasteiger partial charge on any atom is 0.227 e. The number of carbonyl (C=O) groups excluding carboxylic acids is 1. The predicted octanol–water partition coefficient (Wildman–Crippen LogP) is 5.33. The first-order chi connectivity index (χ1) is 11.2. The van der Waals surface area contributed by atoms with Crippen LogP contribution in [0.25, 0.3) is 0 Å². The lowest BCUT2D eigenvalue weighted by atomic mass is 9.79. The smallest absolute Gasteiger partial charge is 0.227 e. The van der Waals surface area contributed by atoms with Gasteiger partial charge >= 0.3 is 0 Å². The zero-order valence-corrected chi connectivity index (χ0v) is 13.9. The van der Waals surface area contributed by atoms with Gasteiger partial charge in [-0.1, -0.05) is 41.9 Å². The maximum absolute atomic E-state index is 12.4. The van der Waals surface area contributed by atoms with Gasteiger partial charge in [-0.25, -0.2) is 0 Å². The Balaban J connectivity index is 1.48. The molecule has 2 aromatic carbocycles. The highest BCUT2D eigenvalue weighted by Gasteiger charge is 2.26. The van der Waals surface area contributed by atoms with Crippen molar-refractivity contribution in [2.75, 3.05) is 5.32 Å². The van der Waals surface area contributed by atoms with Crippen molar-refractivity contribution in [2.24, 2.45) is 11.8 Å². The van der Waals surface area contributed by atoms with Crippen LogP contribution in [0.3, 0.4) is 0 Å². The van der Waals surface area contributed by atoms with Gasteiger partial charge < -0.3 is 5.32 Å². The lowest BCUT2D eigenvalue weighted by Crippen LogP contribution is -2.27. The van der Waals surface area contributed by atoms with Gasteiger partial charge in [0.2, 0.25) is 5.91 Å². The van der Waals surface area contributed by atoms with Crippen LogP contribution in [0.1, 0.15) is 31.2 Å². The van der Waals surface area contributed by atoms with Gasteiger partial charge in [-0.15, -0.1) is 0 Å². The van der Waals surface area contributed by atoms with Gasteiger partial charge in [0, 0.05) is 16.6 Å². The molecule has 0 aliphatic heterocycles. The fraction of sp³-hybridized carbons (Fsp3) is 0.350. The first-order valence-electron chi connectivity index (χ1n) is 8.31. The molecule has 0 bridgehead atoms. The van der Waals surface area contributed by atoms with Gasteiger partial charge in [-0.2, -0.15) is 0 Å². The largest absolute Gasteiger partial charge is 0.326 e. The Bertz CT molecular complexity index is 630. The van der Waals surface area contributed by atoms with Crippen LogP contribution >= 0.6 is 11.6 Å². The molecule has 120 valence electrons. The van der Waals surface area contributed by atoms with Crippen molar-refractivity contribution < 1.29 is 4.79 Å². The number of amides is 1. The summed E-state index contributed by atoms with van der Waals surface area (Å²) >= 11 is 5.87. The highest BCUT2D eigenvalue weighted by Crippen LogP contribution is 2.31. The van der Waals surface area contributed by atoms with Crippen molar-refractivity contribution in [2.45, 2.75) is 32.1 Å². The Morgan fingerprint density at radius 2 is 1.61 bits per heavy atom. The Labute approximate surface area is 142 Å². The molecule has 1 aliphatic rings. The maximum atomic E-state index is 12.4. The monoisotopic (exact) mass is 327 g/mol. The summed E-state index contributed by atoms with van der Waals surface area (Å²) in [5, 5.41) is 3.69. The number of carbonyl (C=O) groups is 1. The number of benzene rings is 2. The molecule has 1 N–H and O–H groups in total. The molecule has 0 spiro atoms.